The molecule has 0 bridgehead atoms. The molecule has 18 heavy (non-hydrogen) atoms. The molecule has 3 nitrogen and oxygen atoms in total. The van der Waals surface area contributed by atoms with Crippen LogP contribution < -0.4 is 5.32 Å². The third kappa shape index (κ3) is 3.09. The van der Waals surface area contributed by atoms with Gasteiger partial charge in [-0.15, -0.1) is 0 Å². The molecular weight excluding hydrogens is 222 g/mol. The van der Waals surface area contributed by atoms with Gasteiger partial charge >= 0.3 is 0 Å². The number of rotatable bonds is 4. The third-order valence-electron chi connectivity index (χ3n) is 4.23. The minimum Gasteiger partial charge on any atom is -0.311 e. The Morgan fingerprint density at radius 1 is 1.44 bits per heavy atom. The van der Waals surface area contributed by atoms with Gasteiger partial charge in [0.2, 0.25) is 0 Å². The Morgan fingerprint density at radius 2 is 2.28 bits per heavy atom. The van der Waals surface area contributed by atoms with Crippen LogP contribution in [0.4, 0.5) is 0 Å². The molecule has 1 aliphatic rings. The molecule has 1 N–H and O–H groups in total. The van der Waals surface area contributed by atoms with Crippen LogP contribution in [0.3, 0.4) is 0 Å². The van der Waals surface area contributed by atoms with Crippen LogP contribution in [0, 0.1) is 5.92 Å². The predicted molar refractivity (Wildman–Crippen MR) is 75.5 cm³/mol. The summed E-state index contributed by atoms with van der Waals surface area (Å²) in [7, 11) is 0. The zero-order valence-corrected chi connectivity index (χ0v) is 11.8. The van der Waals surface area contributed by atoms with Gasteiger partial charge in [-0.3, -0.25) is 9.88 Å². The van der Waals surface area contributed by atoms with Gasteiger partial charge in [0, 0.05) is 37.9 Å². The van der Waals surface area contributed by atoms with Crippen LogP contribution in [0.25, 0.3) is 0 Å². The Bertz CT molecular complexity index is 352. The van der Waals surface area contributed by atoms with Crippen molar-refractivity contribution < 1.29 is 0 Å². The summed E-state index contributed by atoms with van der Waals surface area (Å²) in [5, 5.41) is 3.64. The molecule has 3 unspecified atom stereocenters. The van der Waals surface area contributed by atoms with Crippen LogP contribution in [-0.4, -0.2) is 35.6 Å². The molecule has 2 rings (SSSR count). The Hall–Kier alpha value is -0.930. The highest BCUT2D eigenvalue weighted by Crippen LogP contribution is 2.21. The molecule has 0 radical (unpaired) electrons. The lowest BCUT2D eigenvalue weighted by Crippen LogP contribution is -2.53. The number of pyridine rings is 1. The van der Waals surface area contributed by atoms with Crippen molar-refractivity contribution in [2.24, 2.45) is 5.92 Å². The first-order valence-corrected chi connectivity index (χ1v) is 7.10. The Morgan fingerprint density at radius 3 is 2.94 bits per heavy atom. The summed E-state index contributed by atoms with van der Waals surface area (Å²) in [5.41, 5.74) is 1.18. The third-order valence-corrected chi connectivity index (χ3v) is 4.23. The van der Waals surface area contributed by atoms with E-state index in [1.54, 1.807) is 0 Å². The fourth-order valence-corrected chi connectivity index (χ4v) is 2.63. The number of aromatic nitrogens is 1. The second-order valence-electron chi connectivity index (χ2n) is 5.37. The maximum atomic E-state index is 4.48. The van der Waals surface area contributed by atoms with Crippen molar-refractivity contribution in [3.8, 4) is 0 Å². The van der Waals surface area contributed by atoms with Crippen molar-refractivity contribution in [1.82, 2.24) is 15.2 Å². The second-order valence-corrected chi connectivity index (χ2v) is 5.37. The van der Waals surface area contributed by atoms with Gasteiger partial charge in [0.15, 0.2) is 0 Å². The standard InChI is InChI=1S/C15H25N3/c1-4-12(2)15-11-18(10-9-17-15)13(3)14-7-5-6-8-16-14/h5-8,12-13,15,17H,4,9-11H2,1-3H3. The van der Waals surface area contributed by atoms with E-state index < -0.39 is 0 Å². The van der Waals surface area contributed by atoms with E-state index >= 15 is 0 Å². The van der Waals surface area contributed by atoms with Crippen LogP contribution in [0.1, 0.15) is 38.9 Å². The molecule has 1 fully saturated rings. The Kier molecular flexibility index (Phi) is 4.72. The lowest BCUT2D eigenvalue weighted by Gasteiger charge is -2.39. The van der Waals surface area contributed by atoms with E-state index in [0.717, 1.165) is 25.6 Å². The summed E-state index contributed by atoms with van der Waals surface area (Å²) >= 11 is 0. The van der Waals surface area contributed by atoms with Crippen LogP contribution in [0.5, 0.6) is 0 Å². The molecule has 1 aromatic rings. The summed E-state index contributed by atoms with van der Waals surface area (Å²) in [6.45, 7) is 10.2. The van der Waals surface area contributed by atoms with E-state index in [-0.39, 0.29) is 0 Å². The highest BCUT2D eigenvalue weighted by atomic mass is 15.2. The average Bonchev–Trinajstić information content (AvgIpc) is 2.46. The summed E-state index contributed by atoms with van der Waals surface area (Å²) in [5.74, 6) is 0.740. The molecule has 1 saturated heterocycles. The number of nitrogens with zero attached hydrogens (tertiary/aromatic N) is 2. The lowest BCUT2D eigenvalue weighted by atomic mass is 9.96. The van der Waals surface area contributed by atoms with Gasteiger partial charge in [-0.25, -0.2) is 0 Å². The van der Waals surface area contributed by atoms with Gasteiger partial charge in [-0.1, -0.05) is 26.3 Å². The zero-order valence-electron chi connectivity index (χ0n) is 11.8. The number of hydrogen-bond donors (Lipinski definition) is 1. The highest BCUT2D eigenvalue weighted by Gasteiger charge is 2.26. The maximum absolute atomic E-state index is 4.48. The molecule has 0 spiro atoms. The van der Waals surface area contributed by atoms with Gasteiger partial charge in [-0.05, 0) is 25.0 Å². The molecule has 0 aromatic carbocycles. The van der Waals surface area contributed by atoms with Crippen molar-refractivity contribution >= 4 is 0 Å². The van der Waals surface area contributed by atoms with Crippen LogP contribution in [-0.2, 0) is 0 Å². The van der Waals surface area contributed by atoms with E-state index in [0.29, 0.717) is 12.1 Å². The molecule has 1 aliphatic heterocycles. The molecule has 3 atom stereocenters. The fraction of sp³-hybridized carbons (Fsp3) is 0.667. The first-order valence-electron chi connectivity index (χ1n) is 7.10. The number of nitrogens with one attached hydrogen (secondary N) is 1. The van der Waals surface area contributed by atoms with Crippen molar-refractivity contribution in [2.45, 2.75) is 39.3 Å². The highest BCUT2D eigenvalue weighted by molar-refractivity contribution is 5.08. The SMILES string of the molecule is CCC(C)C1CN(C(C)c2ccccn2)CCN1. The molecule has 1 aromatic heterocycles. The maximum Gasteiger partial charge on any atom is 0.0572 e. The van der Waals surface area contributed by atoms with Crippen molar-refractivity contribution in [3.05, 3.63) is 30.1 Å². The van der Waals surface area contributed by atoms with Gasteiger partial charge in [0.05, 0.1) is 5.69 Å². The van der Waals surface area contributed by atoms with Crippen molar-refractivity contribution in [3.63, 3.8) is 0 Å². The van der Waals surface area contributed by atoms with Crippen LogP contribution >= 0.6 is 0 Å². The molecule has 0 amide bonds. The van der Waals surface area contributed by atoms with Crippen molar-refractivity contribution in [1.29, 1.82) is 0 Å². The minimum absolute atomic E-state index is 0.417. The zero-order chi connectivity index (χ0) is 13.0. The molecular formula is C15H25N3. The quantitative estimate of drug-likeness (QED) is 0.886. The van der Waals surface area contributed by atoms with Gasteiger partial charge in [-0.2, -0.15) is 0 Å². The predicted octanol–water partition coefficient (Wildman–Crippen LogP) is 2.46. The first-order chi connectivity index (χ1) is 8.72. The monoisotopic (exact) mass is 247 g/mol. The smallest absolute Gasteiger partial charge is 0.0572 e. The van der Waals surface area contributed by atoms with Crippen molar-refractivity contribution in [2.75, 3.05) is 19.6 Å². The molecule has 100 valence electrons. The summed E-state index contributed by atoms with van der Waals surface area (Å²) in [6, 6.07) is 7.23. The van der Waals surface area contributed by atoms with E-state index in [1.165, 1.54) is 12.1 Å². The van der Waals surface area contributed by atoms with E-state index in [1.807, 2.05) is 12.3 Å². The molecule has 3 heteroatoms. The normalized spacial score (nSPS) is 24.7. The number of hydrogen-bond acceptors (Lipinski definition) is 3. The number of piperazine rings is 1. The van der Waals surface area contributed by atoms with Gasteiger partial charge < -0.3 is 5.32 Å². The molecule has 0 saturated carbocycles. The summed E-state index contributed by atoms with van der Waals surface area (Å²) in [6.07, 6.45) is 3.13. The Labute approximate surface area is 111 Å². The van der Waals surface area contributed by atoms with Gasteiger partial charge in [0.1, 0.15) is 0 Å². The first kappa shape index (κ1) is 13.5. The molecule has 0 aliphatic carbocycles. The minimum atomic E-state index is 0.417. The molecule has 2 heterocycles. The van der Waals surface area contributed by atoms with E-state index in [9.17, 15) is 0 Å². The average molecular weight is 247 g/mol. The lowest BCUT2D eigenvalue weighted by molar-refractivity contribution is 0.128. The van der Waals surface area contributed by atoms with E-state index in [2.05, 4.69) is 48.1 Å². The summed E-state index contributed by atoms with van der Waals surface area (Å²) < 4.78 is 0. The van der Waals surface area contributed by atoms with Crippen LogP contribution in [0.2, 0.25) is 0 Å². The Balaban J connectivity index is 2.00. The largest absolute Gasteiger partial charge is 0.311 e. The van der Waals surface area contributed by atoms with Crippen LogP contribution in [0.15, 0.2) is 24.4 Å². The van der Waals surface area contributed by atoms with Gasteiger partial charge in [0.25, 0.3) is 0 Å². The topological polar surface area (TPSA) is 28.2 Å². The fourth-order valence-electron chi connectivity index (χ4n) is 2.63. The summed E-state index contributed by atoms with van der Waals surface area (Å²) in [4.78, 5) is 7.03. The second kappa shape index (κ2) is 6.30. The van der Waals surface area contributed by atoms with E-state index in [4.69, 9.17) is 0 Å².